The second-order valence-electron chi connectivity index (χ2n) is 15.7. The van der Waals surface area contributed by atoms with Gasteiger partial charge in [-0.3, -0.25) is 9.78 Å². The molecule has 3 nitrogen and oxygen atoms in total. The number of rotatable bonds is 4. The maximum absolute atomic E-state index is 10.5. The van der Waals surface area contributed by atoms with Gasteiger partial charge in [0.05, 0.1) is 5.76 Å². The molecule has 0 spiro atoms. The van der Waals surface area contributed by atoms with Gasteiger partial charge < -0.3 is 5.11 Å². The molecule has 0 amide bonds. The summed E-state index contributed by atoms with van der Waals surface area (Å²) in [5, 5.41) is 16.4. The Balaban J connectivity index is 0.000000415. The SMILES string of the molecule is CC(C)(C)c1cc(-c2nccc3cc4sc5c6c(ccc5c4cc23)C(C)(C)CCC6(C)C)[c-]c2ccccc12.CCC(=O)/C=C(\O)CC.[Ir]. The molecule has 1 aliphatic carbocycles. The first-order valence-corrected chi connectivity index (χ1v) is 18.1. The molecule has 1 N–H and O–H groups in total. The van der Waals surface area contributed by atoms with Gasteiger partial charge in [-0.1, -0.05) is 110 Å². The van der Waals surface area contributed by atoms with Crippen molar-refractivity contribution in [2.45, 2.75) is 104 Å². The topological polar surface area (TPSA) is 50.2 Å². The first-order valence-electron chi connectivity index (χ1n) is 17.3. The number of hydrogen-bond acceptors (Lipinski definition) is 4. The second-order valence-corrected chi connectivity index (χ2v) is 16.7. The van der Waals surface area contributed by atoms with Crippen LogP contribution >= 0.6 is 11.3 Å². The van der Waals surface area contributed by atoms with Crippen LogP contribution in [0.25, 0.3) is 53.0 Å². The van der Waals surface area contributed by atoms with Crippen LogP contribution in [0, 0.1) is 6.07 Å². The molecule has 0 fully saturated rings. The Morgan fingerprint density at radius 1 is 0.898 bits per heavy atom. The second kappa shape index (κ2) is 13.7. The molecule has 4 aromatic carbocycles. The molecule has 49 heavy (non-hydrogen) atoms. The molecule has 5 heteroatoms. The van der Waals surface area contributed by atoms with Gasteiger partial charge in [-0.05, 0) is 63.1 Å². The third-order valence-corrected chi connectivity index (χ3v) is 11.4. The summed E-state index contributed by atoms with van der Waals surface area (Å²) in [5.74, 6) is 0.149. The van der Waals surface area contributed by atoms with E-state index in [0.29, 0.717) is 12.8 Å². The number of ketones is 1. The van der Waals surface area contributed by atoms with Gasteiger partial charge in [-0.15, -0.1) is 40.5 Å². The number of aromatic nitrogens is 1. The maximum Gasteiger partial charge on any atom is 0.158 e. The predicted octanol–water partition coefficient (Wildman–Crippen LogP) is 12.7. The zero-order valence-corrected chi connectivity index (χ0v) is 33.5. The van der Waals surface area contributed by atoms with Crippen molar-refractivity contribution in [3.63, 3.8) is 0 Å². The summed E-state index contributed by atoms with van der Waals surface area (Å²) < 4.78 is 2.83. The van der Waals surface area contributed by atoms with Crippen molar-refractivity contribution in [3.05, 3.63) is 101 Å². The summed E-state index contributed by atoms with van der Waals surface area (Å²) in [6.07, 6.45) is 6.70. The van der Waals surface area contributed by atoms with Gasteiger partial charge in [0.2, 0.25) is 0 Å². The van der Waals surface area contributed by atoms with Crippen molar-refractivity contribution < 1.29 is 30.0 Å². The van der Waals surface area contributed by atoms with E-state index in [-0.39, 0.29) is 47.9 Å². The van der Waals surface area contributed by atoms with Crippen molar-refractivity contribution in [1.29, 1.82) is 0 Å². The van der Waals surface area contributed by atoms with E-state index in [2.05, 4.69) is 115 Å². The number of allylic oxidation sites excluding steroid dienone is 2. The van der Waals surface area contributed by atoms with E-state index in [1.807, 2.05) is 17.5 Å². The standard InChI is InChI=1S/C37H36NS.C7H12O2.Ir/c1-35(2,3)30-19-24(18-22-10-8-9-11-25(22)30)33-27-21-28-26-12-13-29-32(37(6,7)16-15-36(29,4)5)34(26)39-31(28)20-23(27)14-17-38-33;1-3-6(8)5-7(9)4-2;/h8-14,17,19-21H,15-16H2,1-7H3;5,8H,3-4H2,1-2H3;/q-1;;/b;6-5-;. The first kappa shape index (κ1) is 36.9. The predicted molar refractivity (Wildman–Crippen MR) is 207 cm³/mol. The molecule has 0 saturated heterocycles. The number of aliphatic hydroxyl groups excluding tert-OH is 1. The smallest absolute Gasteiger partial charge is 0.158 e. The molecule has 2 heterocycles. The average molecular weight is 847 g/mol. The molecule has 0 aliphatic heterocycles. The van der Waals surface area contributed by atoms with E-state index in [1.165, 1.54) is 66.4 Å². The summed E-state index contributed by atoms with van der Waals surface area (Å²) in [4.78, 5) is 15.5. The molecule has 0 unspecified atom stereocenters. The van der Waals surface area contributed by atoms with Crippen molar-refractivity contribution in [3.8, 4) is 11.3 Å². The number of carbonyl (C=O) groups excluding carboxylic acids is 1. The van der Waals surface area contributed by atoms with Crippen LogP contribution in [0.3, 0.4) is 0 Å². The molecule has 2 aromatic heterocycles. The van der Waals surface area contributed by atoms with Crippen LogP contribution in [-0.4, -0.2) is 15.9 Å². The van der Waals surface area contributed by atoms with Crippen LogP contribution in [0.15, 0.2) is 78.7 Å². The van der Waals surface area contributed by atoms with Gasteiger partial charge in [0.15, 0.2) is 5.78 Å². The normalized spacial score (nSPS) is 15.5. The van der Waals surface area contributed by atoms with Gasteiger partial charge in [-0.25, -0.2) is 0 Å². The quantitative estimate of drug-likeness (QED) is 0.109. The molecular weight excluding hydrogens is 799 g/mol. The zero-order chi connectivity index (χ0) is 34.6. The van der Waals surface area contributed by atoms with Crippen LogP contribution in [0.4, 0.5) is 0 Å². The molecule has 257 valence electrons. The number of carbonyl (C=O) groups is 1. The number of aliphatic hydroxyl groups is 1. The fourth-order valence-electron chi connectivity index (χ4n) is 7.21. The van der Waals surface area contributed by atoms with Gasteiger partial charge >= 0.3 is 0 Å². The number of pyridine rings is 1. The summed E-state index contributed by atoms with van der Waals surface area (Å²) in [5.41, 5.74) is 6.94. The van der Waals surface area contributed by atoms with Crippen LogP contribution in [0.2, 0.25) is 0 Å². The van der Waals surface area contributed by atoms with E-state index in [9.17, 15) is 4.79 Å². The fourth-order valence-corrected chi connectivity index (χ4v) is 8.67. The maximum atomic E-state index is 10.5. The Hall–Kier alpha value is -3.37. The van der Waals surface area contributed by atoms with Crippen LogP contribution < -0.4 is 0 Å². The molecule has 1 radical (unpaired) electrons. The van der Waals surface area contributed by atoms with E-state index >= 15 is 0 Å². The van der Waals surface area contributed by atoms with Gasteiger partial charge in [0, 0.05) is 71.1 Å². The molecule has 1 aliphatic rings. The van der Waals surface area contributed by atoms with Crippen LogP contribution in [0.1, 0.15) is 105 Å². The first-order chi connectivity index (χ1) is 22.6. The number of thiophene rings is 1. The Labute approximate surface area is 309 Å². The van der Waals surface area contributed by atoms with E-state index in [0.717, 1.165) is 16.6 Å². The van der Waals surface area contributed by atoms with Gasteiger partial charge in [0.1, 0.15) is 0 Å². The molecule has 0 atom stereocenters. The Kier molecular flexibility index (Phi) is 10.3. The van der Waals surface area contributed by atoms with Gasteiger partial charge in [-0.2, -0.15) is 0 Å². The molecule has 0 saturated carbocycles. The number of hydrogen-bond donors (Lipinski definition) is 1. The largest absolute Gasteiger partial charge is 0.512 e. The monoisotopic (exact) mass is 847 g/mol. The summed E-state index contributed by atoms with van der Waals surface area (Å²) in [6.45, 7) is 20.1. The summed E-state index contributed by atoms with van der Waals surface area (Å²) in [7, 11) is 0. The fraction of sp³-hybridized carbons (Fsp3) is 0.364. The van der Waals surface area contributed by atoms with Crippen molar-refractivity contribution in [2.75, 3.05) is 0 Å². The van der Waals surface area contributed by atoms with Crippen molar-refractivity contribution in [2.24, 2.45) is 0 Å². The number of benzene rings is 4. The number of fused-ring (bicyclic) bond motifs is 7. The zero-order valence-electron chi connectivity index (χ0n) is 30.3. The van der Waals surface area contributed by atoms with E-state index in [1.54, 1.807) is 19.4 Å². The minimum absolute atomic E-state index is 0. The minimum atomic E-state index is -0.0191. The number of nitrogens with zero attached hydrogens (tertiary/aromatic N) is 1. The third-order valence-electron chi connectivity index (χ3n) is 10.2. The van der Waals surface area contributed by atoms with Crippen LogP contribution in [0.5, 0.6) is 0 Å². The third kappa shape index (κ3) is 7.00. The van der Waals surface area contributed by atoms with Crippen molar-refractivity contribution in [1.82, 2.24) is 4.98 Å². The van der Waals surface area contributed by atoms with Crippen molar-refractivity contribution >= 4 is 58.8 Å². The van der Waals surface area contributed by atoms with E-state index < -0.39 is 0 Å². The molecule has 6 aromatic rings. The van der Waals surface area contributed by atoms with E-state index in [4.69, 9.17) is 10.1 Å². The Morgan fingerprint density at radius 2 is 1.61 bits per heavy atom. The molecular formula is C44H48IrNO2S-. The molecule has 0 bridgehead atoms. The molecule has 7 rings (SSSR count). The van der Waals surface area contributed by atoms with Gasteiger partial charge in [0.25, 0.3) is 0 Å². The average Bonchev–Trinajstić information content (AvgIpc) is 3.41. The summed E-state index contributed by atoms with van der Waals surface area (Å²) >= 11 is 1.98. The Bertz CT molecular complexity index is 2230. The summed E-state index contributed by atoms with van der Waals surface area (Å²) in [6, 6.07) is 26.4. The van der Waals surface area contributed by atoms with Crippen LogP contribution in [-0.2, 0) is 41.1 Å². The minimum Gasteiger partial charge on any atom is -0.512 e. The Morgan fingerprint density at radius 3 is 2.31 bits per heavy atom.